The maximum Gasteiger partial charge on any atom is 0.261 e. The van der Waals surface area contributed by atoms with Gasteiger partial charge in [0.25, 0.3) is 15.9 Å². The van der Waals surface area contributed by atoms with Crippen molar-refractivity contribution in [3.05, 3.63) is 77.1 Å². The molecule has 0 radical (unpaired) electrons. The molecule has 1 aromatic heterocycles. The number of carbonyl (C=O) groups excluding carboxylic acids is 1. The molecule has 0 unspecified atom stereocenters. The predicted octanol–water partition coefficient (Wildman–Crippen LogP) is 3.47. The smallest absolute Gasteiger partial charge is 0.261 e. The van der Waals surface area contributed by atoms with E-state index in [0.29, 0.717) is 24.5 Å². The third-order valence-corrected chi connectivity index (χ3v) is 5.79. The summed E-state index contributed by atoms with van der Waals surface area (Å²) >= 11 is 5.82. The summed E-state index contributed by atoms with van der Waals surface area (Å²) in [4.78, 5) is 12.6. The van der Waals surface area contributed by atoms with Crippen LogP contribution in [0.2, 0.25) is 5.02 Å². The minimum atomic E-state index is -3.85. The van der Waals surface area contributed by atoms with Crippen molar-refractivity contribution in [2.45, 2.75) is 24.8 Å². The van der Waals surface area contributed by atoms with Gasteiger partial charge in [-0.15, -0.1) is 0 Å². The summed E-state index contributed by atoms with van der Waals surface area (Å²) in [6.07, 6.45) is 4.41. The fourth-order valence-corrected chi connectivity index (χ4v) is 3.92. The number of hydrogen-bond donors (Lipinski definition) is 2. The largest absolute Gasteiger partial charge is 0.352 e. The van der Waals surface area contributed by atoms with Crippen LogP contribution in [0.4, 0.5) is 5.69 Å². The Kier molecular flexibility index (Phi) is 6.56. The van der Waals surface area contributed by atoms with Gasteiger partial charge in [0, 0.05) is 24.3 Å². The molecule has 152 valence electrons. The molecule has 7 nitrogen and oxygen atoms in total. The molecule has 0 saturated heterocycles. The third kappa shape index (κ3) is 5.58. The number of carbonyl (C=O) groups is 1. The van der Waals surface area contributed by atoms with Crippen LogP contribution in [0.15, 0.2) is 65.8 Å². The first-order chi connectivity index (χ1) is 13.8. The number of benzene rings is 2. The molecule has 2 aromatic carbocycles. The highest BCUT2D eigenvalue weighted by Crippen LogP contribution is 2.21. The Hall–Kier alpha value is -2.84. The molecule has 0 saturated carbocycles. The van der Waals surface area contributed by atoms with Crippen LogP contribution in [0.3, 0.4) is 0 Å². The molecule has 1 amide bonds. The SMILES string of the molecule is Cc1cnn(CCCNC(=O)c2ccccc2NS(=O)(=O)c2ccc(Cl)cc2)c1. The van der Waals surface area contributed by atoms with Gasteiger partial charge in [-0.1, -0.05) is 23.7 Å². The summed E-state index contributed by atoms with van der Waals surface area (Å²) in [6, 6.07) is 12.3. The average Bonchev–Trinajstić information content (AvgIpc) is 3.10. The van der Waals surface area contributed by atoms with Crippen molar-refractivity contribution in [3.8, 4) is 0 Å². The maximum atomic E-state index is 12.6. The second-order valence-corrected chi connectivity index (χ2v) is 8.61. The van der Waals surface area contributed by atoms with E-state index in [-0.39, 0.29) is 22.1 Å². The van der Waals surface area contributed by atoms with E-state index in [1.54, 1.807) is 30.5 Å². The van der Waals surface area contributed by atoms with Gasteiger partial charge in [-0.25, -0.2) is 8.42 Å². The zero-order valence-corrected chi connectivity index (χ0v) is 17.4. The molecule has 9 heteroatoms. The third-order valence-electron chi connectivity index (χ3n) is 4.15. The Bertz CT molecular complexity index is 1090. The van der Waals surface area contributed by atoms with E-state index >= 15 is 0 Å². The van der Waals surface area contributed by atoms with Crippen LogP contribution in [0, 0.1) is 6.92 Å². The molecular formula is C20H21ClN4O3S. The fourth-order valence-electron chi connectivity index (χ4n) is 2.71. The molecule has 0 aliphatic rings. The quantitative estimate of drug-likeness (QED) is 0.533. The first-order valence-electron chi connectivity index (χ1n) is 9.00. The topological polar surface area (TPSA) is 93.1 Å². The van der Waals surface area contributed by atoms with E-state index in [9.17, 15) is 13.2 Å². The Balaban J connectivity index is 1.64. The monoisotopic (exact) mass is 432 g/mol. The summed E-state index contributed by atoms with van der Waals surface area (Å²) < 4.78 is 29.5. The number of sulfonamides is 1. The van der Waals surface area contributed by atoms with Gasteiger partial charge in [0.2, 0.25) is 0 Å². The number of aromatic nitrogens is 2. The standard InChI is InChI=1S/C20H21ClN4O3S/c1-15-13-23-25(14-15)12-4-11-22-20(26)18-5-2-3-6-19(18)24-29(27,28)17-9-7-16(21)8-10-17/h2-3,5-10,13-14,24H,4,11-12H2,1H3,(H,22,26). The van der Waals surface area contributed by atoms with Crippen LogP contribution in [-0.2, 0) is 16.6 Å². The van der Waals surface area contributed by atoms with Gasteiger partial charge in [-0.3, -0.25) is 14.2 Å². The van der Waals surface area contributed by atoms with Gasteiger partial charge in [0.05, 0.1) is 22.3 Å². The molecular weight excluding hydrogens is 412 g/mol. The molecule has 29 heavy (non-hydrogen) atoms. The zero-order chi connectivity index (χ0) is 20.9. The molecule has 0 aliphatic heterocycles. The van der Waals surface area contributed by atoms with Crippen molar-refractivity contribution >= 4 is 33.2 Å². The van der Waals surface area contributed by atoms with E-state index in [0.717, 1.165) is 5.56 Å². The first-order valence-corrected chi connectivity index (χ1v) is 10.9. The van der Waals surface area contributed by atoms with Crippen molar-refractivity contribution in [1.82, 2.24) is 15.1 Å². The zero-order valence-electron chi connectivity index (χ0n) is 15.8. The Morgan fingerprint density at radius 1 is 1.14 bits per heavy atom. The lowest BCUT2D eigenvalue weighted by Gasteiger charge is -2.13. The van der Waals surface area contributed by atoms with Gasteiger partial charge in [0.1, 0.15) is 0 Å². The molecule has 0 bridgehead atoms. The number of anilines is 1. The van der Waals surface area contributed by atoms with Crippen molar-refractivity contribution < 1.29 is 13.2 Å². The number of hydrogen-bond acceptors (Lipinski definition) is 4. The molecule has 2 N–H and O–H groups in total. The lowest BCUT2D eigenvalue weighted by Crippen LogP contribution is -2.27. The number of para-hydroxylation sites is 1. The summed E-state index contributed by atoms with van der Waals surface area (Å²) in [6.45, 7) is 3.09. The molecule has 3 rings (SSSR count). The van der Waals surface area contributed by atoms with E-state index in [4.69, 9.17) is 11.6 Å². The van der Waals surface area contributed by atoms with Gasteiger partial charge in [0.15, 0.2) is 0 Å². The van der Waals surface area contributed by atoms with Crippen LogP contribution < -0.4 is 10.0 Å². The molecule has 1 heterocycles. The number of rotatable bonds is 8. The Labute approximate surface area is 174 Å². The maximum absolute atomic E-state index is 12.6. The van der Waals surface area contributed by atoms with Gasteiger partial charge in [-0.2, -0.15) is 5.10 Å². The molecule has 0 aliphatic carbocycles. The lowest BCUT2D eigenvalue weighted by molar-refractivity contribution is 0.0953. The van der Waals surface area contributed by atoms with E-state index in [2.05, 4.69) is 15.1 Å². The van der Waals surface area contributed by atoms with Crippen LogP contribution >= 0.6 is 11.6 Å². The van der Waals surface area contributed by atoms with Crippen LogP contribution in [0.1, 0.15) is 22.3 Å². The van der Waals surface area contributed by atoms with Crippen molar-refractivity contribution in [2.24, 2.45) is 0 Å². The number of aryl methyl sites for hydroxylation is 2. The minimum absolute atomic E-state index is 0.0617. The van der Waals surface area contributed by atoms with E-state index in [1.807, 2.05) is 17.8 Å². The van der Waals surface area contributed by atoms with Gasteiger partial charge >= 0.3 is 0 Å². The second-order valence-electron chi connectivity index (χ2n) is 6.50. The second kappa shape index (κ2) is 9.11. The highest BCUT2D eigenvalue weighted by Gasteiger charge is 2.18. The van der Waals surface area contributed by atoms with Gasteiger partial charge < -0.3 is 5.32 Å². The number of nitrogens with one attached hydrogen (secondary N) is 2. The van der Waals surface area contributed by atoms with Crippen LogP contribution in [0.25, 0.3) is 0 Å². The molecule has 0 fully saturated rings. The summed E-state index contributed by atoms with van der Waals surface area (Å²) in [5.74, 6) is -0.351. The molecule has 3 aromatic rings. The average molecular weight is 433 g/mol. The van der Waals surface area contributed by atoms with E-state index < -0.39 is 10.0 Å². The van der Waals surface area contributed by atoms with E-state index in [1.165, 1.54) is 24.3 Å². The normalized spacial score (nSPS) is 11.2. The number of nitrogens with zero attached hydrogens (tertiary/aromatic N) is 2. The summed E-state index contributed by atoms with van der Waals surface area (Å²) in [5.41, 5.74) is 1.54. The highest BCUT2D eigenvalue weighted by molar-refractivity contribution is 7.92. The Morgan fingerprint density at radius 2 is 1.86 bits per heavy atom. The number of halogens is 1. The van der Waals surface area contributed by atoms with Gasteiger partial charge in [-0.05, 0) is 55.3 Å². The highest BCUT2D eigenvalue weighted by atomic mass is 35.5. The molecule has 0 atom stereocenters. The molecule has 0 spiro atoms. The Morgan fingerprint density at radius 3 is 2.55 bits per heavy atom. The lowest BCUT2D eigenvalue weighted by atomic mass is 10.1. The fraction of sp³-hybridized carbons (Fsp3) is 0.200. The number of amides is 1. The van der Waals surface area contributed by atoms with Crippen LogP contribution in [0.5, 0.6) is 0 Å². The summed E-state index contributed by atoms with van der Waals surface area (Å²) in [5, 5.41) is 7.45. The predicted molar refractivity (Wildman–Crippen MR) is 113 cm³/mol. The van der Waals surface area contributed by atoms with Crippen molar-refractivity contribution in [2.75, 3.05) is 11.3 Å². The minimum Gasteiger partial charge on any atom is -0.352 e. The van der Waals surface area contributed by atoms with Crippen LogP contribution in [-0.4, -0.2) is 30.7 Å². The van der Waals surface area contributed by atoms with Crippen molar-refractivity contribution in [1.29, 1.82) is 0 Å². The summed E-state index contributed by atoms with van der Waals surface area (Å²) in [7, 11) is -3.85. The first kappa shape index (κ1) is 20.9. The van der Waals surface area contributed by atoms with Crippen molar-refractivity contribution in [3.63, 3.8) is 0 Å².